The van der Waals surface area contributed by atoms with Crippen molar-refractivity contribution in [1.29, 1.82) is 5.26 Å². The van der Waals surface area contributed by atoms with Gasteiger partial charge in [0.25, 0.3) is 5.91 Å². The van der Waals surface area contributed by atoms with Crippen LogP contribution in [0.1, 0.15) is 34.3 Å². The predicted octanol–water partition coefficient (Wildman–Crippen LogP) is 3.92. The zero-order valence-electron chi connectivity index (χ0n) is 14.1. The van der Waals surface area contributed by atoms with E-state index in [1.54, 1.807) is 12.1 Å². The maximum atomic E-state index is 12.5. The van der Waals surface area contributed by atoms with Gasteiger partial charge < -0.3 is 10.2 Å². The number of nitrogens with zero attached hydrogens (tertiary/aromatic N) is 2. The highest BCUT2D eigenvalue weighted by atomic mass is 35.5. The van der Waals surface area contributed by atoms with Crippen molar-refractivity contribution < 1.29 is 4.79 Å². The molecular weight excluding hydrogens is 334 g/mol. The normalized spacial score (nSPS) is 14.8. The Morgan fingerprint density at radius 2 is 1.92 bits per heavy atom. The predicted molar refractivity (Wildman–Crippen MR) is 100 cm³/mol. The highest BCUT2D eigenvalue weighted by Crippen LogP contribution is 2.31. The molecule has 0 atom stereocenters. The van der Waals surface area contributed by atoms with Crippen LogP contribution < -0.4 is 10.2 Å². The van der Waals surface area contributed by atoms with Gasteiger partial charge in [0.2, 0.25) is 0 Å². The minimum Gasteiger partial charge on any atom is -0.369 e. The number of rotatable bonds is 3. The molecule has 25 heavy (non-hydrogen) atoms. The Morgan fingerprint density at radius 1 is 1.20 bits per heavy atom. The molecule has 1 aliphatic heterocycles. The molecule has 1 heterocycles. The van der Waals surface area contributed by atoms with Crippen LogP contribution in [0, 0.1) is 18.3 Å². The lowest BCUT2D eigenvalue weighted by Crippen LogP contribution is -2.45. The highest BCUT2D eigenvalue weighted by Gasteiger charge is 2.24. The van der Waals surface area contributed by atoms with Crippen LogP contribution in [-0.2, 0) is 0 Å². The van der Waals surface area contributed by atoms with Crippen LogP contribution in [-0.4, -0.2) is 25.0 Å². The second-order valence-electron chi connectivity index (χ2n) is 6.30. The van der Waals surface area contributed by atoms with Gasteiger partial charge in [-0.15, -0.1) is 0 Å². The number of amides is 1. The molecule has 0 bridgehead atoms. The largest absolute Gasteiger partial charge is 0.369 e. The van der Waals surface area contributed by atoms with E-state index < -0.39 is 0 Å². The van der Waals surface area contributed by atoms with Crippen LogP contribution in [0.15, 0.2) is 42.5 Å². The number of carbonyl (C=O) groups excluding carboxylic acids is 1. The summed E-state index contributed by atoms with van der Waals surface area (Å²) in [5.74, 6) is -0.0213. The van der Waals surface area contributed by atoms with Gasteiger partial charge >= 0.3 is 0 Å². The number of benzene rings is 2. The van der Waals surface area contributed by atoms with Gasteiger partial charge in [0, 0.05) is 24.7 Å². The topological polar surface area (TPSA) is 56.1 Å². The van der Waals surface area contributed by atoms with E-state index in [-0.39, 0.29) is 11.9 Å². The zero-order valence-corrected chi connectivity index (χ0v) is 14.9. The molecule has 0 saturated carbocycles. The molecule has 0 radical (unpaired) electrons. The summed E-state index contributed by atoms with van der Waals surface area (Å²) in [4.78, 5) is 14.6. The van der Waals surface area contributed by atoms with Gasteiger partial charge in [-0.1, -0.05) is 35.9 Å². The van der Waals surface area contributed by atoms with Crippen molar-refractivity contribution >= 4 is 23.2 Å². The number of piperidine rings is 1. The molecule has 0 spiro atoms. The van der Waals surface area contributed by atoms with Crippen LogP contribution in [0.25, 0.3) is 0 Å². The van der Waals surface area contributed by atoms with E-state index in [1.165, 1.54) is 0 Å². The molecule has 1 aliphatic rings. The summed E-state index contributed by atoms with van der Waals surface area (Å²) < 4.78 is 0. The van der Waals surface area contributed by atoms with Crippen molar-refractivity contribution in [3.63, 3.8) is 0 Å². The molecule has 1 saturated heterocycles. The summed E-state index contributed by atoms with van der Waals surface area (Å²) in [6.45, 7) is 3.46. The molecule has 4 nitrogen and oxygen atoms in total. The third-order valence-corrected chi connectivity index (χ3v) is 4.95. The number of hydrogen-bond acceptors (Lipinski definition) is 3. The summed E-state index contributed by atoms with van der Waals surface area (Å²) >= 11 is 6.30. The Bertz CT molecular complexity index is 820. The number of para-hydroxylation sites is 1. The molecule has 3 rings (SSSR count). The maximum Gasteiger partial charge on any atom is 0.251 e. The van der Waals surface area contributed by atoms with E-state index in [0.29, 0.717) is 10.6 Å². The molecule has 2 aromatic carbocycles. The SMILES string of the molecule is Cc1ccccc1C(=O)NC1CCN(c2c(Cl)cccc2C#N)CC1. The van der Waals surface area contributed by atoms with E-state index in [0.717, 1.165) is 42.7 Å². The number of aryl methyl sites for hydroxylation is 1. The molecule has 1 N–H and O–H groups in total. The van der Waals surface area contributed by atoms with Gasteiger partial charge in [-0.05, 0) is 43.5 Å². The van der Waals surface area contributed by atoms with Gasteiger partial charge in [-0.2, -0.15) is 5.26 Å². The smallest absolute Gasteiger partial charge is 0.251 e. The summed E-state index contributed by atoms with van der Waals surface area (Å²) in [6.07, 6.45) is 1.65. The van der Waals surface area contributed by atoms with Crippen molar-refractivity contribution in [3.05, 3.63) is 64.2 Å². The number of halogens is 1. The number of anilines is 1. The van der Waals surface area contributed by atoms with Crippen LogP contribution in [0.4, 0.5) is 5.69 Å². The Kier molecular flexibility index (Phi) is 5.25. The Hall–Kier alpha value is -2.51. The second-order valence-corrected chi connectivity index (χ2v) is 6.70. The fourth-order valence-electron chi connectivity index (χ4n) is 3.27. The first-order valence-corrected chi connectivity index (χ1v) is 8.78. The minimum absolute atomic E-state index is 0.0213. The molecule has 0 unspecified atom stereocenters. The molecule has 0 aromatic heterocycles. The second kappa shape index (κ2) is 7.58. The van der Waals surface area contributed by atoms with E-state index in [4.69, 9.17) is 11.6 Å². The Balaban J connectivity index is 1.64. The van der Waals surface area contributed by atoms with Crippen molar-refractivity contribution in [2.45, 2.75) is 25.8 Å². The Labute approximate surface area is 153 Å². The van der Waals surface area contributed by atoms with Crippen LogP contribution >= 0.6 is 11.6 Å². The molecule has 1 fully saturated rings. The lowest BCUT2D eigenvalue weighted by Gasteiger charge is -2.35. The first kappa shape index (κ1) is 17.3. The standard InChI is InChI=1S/C20H20ClN3O/c1-14-5-2-3-7-17(14)20(25)23-16-9-11-24(12-10-16)19-15(13-22)6-4-8-18(19)21/h2-8,16H,9-12H2,1H3,(H,23,25). The summed E-state index contributed by atoms with van der Waals surface area (Å²) in [6, 6.07) is 15.3. The average Bonchev–Trinajstić information content (AvgIpc) is 2.62. The van der Waals surface area contributed by atoms with E-state index in [1.807, 2.05) is 37.3 Å². The molecule has 128 valence electrons. The van der Waals surface area contributed by atoms with Crippen LogP contribution in [0.5, 0.6) is 0 Å². The molecule has 2 aromatic rings. The number of carbonyl (C=O) groups is 1. The third kappa shape index (κ3) is 3.78. The van der Waals surface area contributed by atoms with Gasteiger partial charge in [-0.25, -0.2) is 0 Å². The zero-order chi connectivity index (χ0) is 17.8. The van der Waals surface area contributed by atoms with E-state index >= 15 is 0 Å². The van der Waals surface area contributed by atoms with Gasteiger partial charge in [-0.3, -0.25) is 4.79 Å². The summed E-state index contributed by atoms with van der Waals surface area (Å²) in [5, 5.41) is 13.0. The highest BCUT2D eigenvalue weighted by molar-refractivity contribution is 6.33. The lowest BCUT2D eigenvalue weighted by molar-refractivity contribution is 0.0930. The molecular formula is C20H20ClN3O. The fourth-order valence-corrected chi connectivity index (χ4v) is 3.56. The quantitative estimate of drug-likeness (QED) is 0.909. The van der Waals surface area contributed by atoms with Gasteiger partial charge in [0.05, 0.1) is 16.3 Å². The van der Waals surface area contributed by atoms with Crippen molar-refractivity contribution in [3.8, 4) is 6.07 Å². The first-order chi connectivity index (χ1) is 12.1. The maximum absolute atomic E-state index is 12.5. The monoisotopic (exact) mass is 353 g/mol. The number of nitrogens with one attached hydrogen (secondary N) is 1. The van der Waals surface area contributed by atoms with Crippen LogP contribution in [0.3, 0.4) is 0 Å². The number of hydrogen-bond donors (Lipinski definition) is 1. The van der Waals surface area contributed by atoms with E-state index in [2.05, 4.69) is 16.3 Å². The van der Waals surface area contributed by atoms with Gasteiger partial charge in [0.15, 0.2) is 0 Å². The van der Waals surface area contributed by atoms with Crippen molar-refractivity contribution in [2.24, 2.45) is 0 Å². The summed E-state index contributed by atoms with van der Waals surface area (Å²) in [5.41, 5.74) is 3.10. The van der Waals surface area contributed by atoms with Crippen LogP contribution in [0.2, 0.25) is 5.02 Å². The fraction of sp³-hybridized carbons (Fsp3) is 0.300. The summed E-state index contributed by atoms with van der Waals surface area (Å²) in [7, 11) is 0. The number of nitriles is 1. The first-order valence-electron chi connectivity index (χ1n) is 8.40. The minimum atomic E-state index is -0.0213. The lowest BCUT2D eigenvalue weighted by atomic mass is 10.0. The molecule has 1 amide bonds. The van der Waals surface area contributed by atoms with Gasteiger partial charge in [0.1, 0.15) is 6.07 Å². The third-order valence-electron chi connectivity index (χ3n) is 4.64. The molecule has 0 aliphatic carbocycles. The average molecular weight is 354 g/mol. The van der Waals surface area contributed by atoms with E-state index in [9.17, 15) is 10.1 Å². The van der Waals surface area contributed by atoms with Crippen molar-refractivity contribution in [2.75, 3.05) is 18.0 Å². The Morgan fingerprint density at radius 3 is 2.60 bits per heavy atom. The molecule has 5 heteroatoms. The van der Waals surface area contributed by atoms with Crippen molar-refractivity contribution in [1.82, 2.24) is 5.32 Å².